The van der Waals surface area contributed by atoms with Gasteiger partial charge in [0, 0.05) is 19.4 Å². The van der Waals surface area contributed by atoms with Gasteiger partial charge in [-0.3, -0.25) is 9.59 Å². The summed E-state index contributed by atoms with van der Waals surface area (Å²) in [4.78, 5) is 25.6. The first-order valence-electron chi connectivity index (χ1n) is 7.91. The summed E-state index contributed by atoms with van der Waals surface area (Å²) in [7, 11) is 0. The Kier molecular flexibility index (Phi) is 4.21. The first-order valence-corrected chi connectivity index (χ1v) is 7.91. The smallest absolute Gasteiger partial charge is 0.408 e. The number of fused-ring (bicyclic) bond motifs is 1. The topological polar surface area (TPSA) is 50.5 Å². The van der Waals surface area contributed by atoms with Crippen LogP contribution < -0.4 is 0 Å². The molecular formula is C16H18F3NO3. The molecule has 4 nitrogen and oxygen atoms in total. The highest BCUT2D eigenvalue weighted by atomic mass is 19.4. The van der Waals surface area contributed by atoms with Gasteiger partial charge in [0.05, 0.1) is 11.1 Å². The Morgan fingerprint density at radius 3 is 2.70 bits per heavy atom. The number of rotatable bonds is 1. The number of carbonyl (C=O) groups excluding carboxylic acids is 2. The Hall–Kier alpha value is -1.79. The molecule has 1 aromatic heterocycles. The van der Waals surface area contributed by atoms with Gasteiger partial charge >= 0.3 is 6.18 Å². The van der Waals surface area contributed by atoms with Crippen molar-refractivity contribution in [1.82, 2.24) is 4.90 Å². The monoisotopic (exact) mass is 329 g/mol. The summed E-state index contributed by atoms with van der Waals surface area (Å²) in [6, 6.07) is -1.79. The number of hydrogen-bond donors (Lipinski definition) is 0. The number of aryl methyl sites for hydroxylation is 1. The zero-order chi connectivity index (χ0) is 16.6. The highest BCUT2D eigenvalue weighted by molar-refractivity contribution is 6.09. The molecule has 0 spiro atoms. The number of alkyl halides is 3. The van der Waals surface area contributed by atoms with E-state index in [4.69, 9.17) is 4.42 Å². The third-order valence-electron chi connectivity index (χ3n) is 4.58. The lowest BCUT2D eigenvalue weighted by Crippen LogP contribution is -2.48. The predicted octanol–water partition coefficient (Wildman–Crippen LogP) is 3.75. The van der Waals surface area contributed by atoms with Gasteiger partial charge in [-0.2, -0.15) is 13.2 Å². The number of hydrogen-bond acceptors (Lipinski definition) is 3. The average molecular weight is 329 g/mol. The highest BCUT2D eigenvalue weighted by Gasteiger charge is 2.46. The molecule has 1 saturated heterocycles. The molecule has 3 rings (SSSR count). The lowest BCUT2D eigenvalue weighted by atomic mass is 9.93. The fourth-order valence-electron chi connectivity index (χ4n) is 3.43. The van der Waals surface area contributed by atoms with Crippen LogP contribution in [0.2, 0.25) is 0 Å². The third-order valence-corrected chi connectivity index (χ3v) is 4.58. The van der Waals surface area contributed by atoms with Crippen LogP contribution in [0.3, 0.4) is 0 Å². The molecule has 2 aliphatic rings. The van der Waals surface area contributed by atoms with Gasteiger partial charge in [0.25, 0.3) is 5.91 Å². The summed E-state index contributed by atoms with van der Waals surface area (Å²) in [5.74, 6) is -0.542. The lowest BCUT2D eigenvalue weighted by Gasteiger charge is -2.31. The van der Waals surface area contributed by atoms with Crippen molar-refractivity contribution in [2.45, 2.75) is 57.2 Å². The number of ketones is 1. The number of likely N-dealkylation sites (tertiary alicyclic amines) is 1. The molecule has 1 aliphatic carbocycles. The fourth-order valence-corrected chi connectivity index (χ4v) is 3.43. The van der Waals surface area contributed by atoms with Crippen LogP contribution in [-0.2, 0) is 6.42 Å². The number of carbonyl (C=O) groups is 2. The molecule has 0 radical (unpaired) electrons. The first kappa shape index (κ1) is 16.1. The molecule has 1 atom stereocenters. The Balaban J connectivity index is 1.95. The van der Waals surface area contributed by atoms with E-state index in [0.717, 1.165) is 11.2 Å². The van der Waals surface area contributed by atoms with E-state index in [1.54, 1.807) is 0 Å². The highest BCUT2D eigenvalue weighted by Crippen LogP contribution is 2.34. The maximum Gasteiger partial charge on any atom is 0.408 e. The second kappa shape index (κ2) is 6.02. The Labute approximate surface area is 131 Å². The molecule has 0 aromatic carbocycles. The summed E-state index contributed by atoms with van der Waals surface area (Å²) in [5, 5.41) is 0. The van der Waals surface area contributed by atoms with Crippen LogP contribution in [0.1, 0.15) is 65.0 Å². The maximum atomic E-state index is 13.3. The molecule has 0 N–H and O–H groups in total. The van der Waals surface area contributed by atoms with Crippen molar-refractivity contribution >= 4 is 11.7 Å². The van der Waals surface area contributed by atoms with Crippen molar-refractivity contribution in [3.05, 3.63) is 23.2 Å². The van der Waals surface area contributed by atoms with Gasteiger partial charge < -0.3 is 9.32 Å². The van der Waals surface area contributed by atoms with Crippen molar-refractivity contribution in [3.63, 3.8) is 0 Å². The van der Waals surface area contributed by atoms with Crippen molar-refractivity contribution in [3.8, 4) is 0 Å². The minimum Gasteiger partial charge on any atom is -0.468 e. The van der Waals surface area contributed by atoms with Gasteiger partial charge in [0.2, 0.25) is 0 Å². The number of halogens is 3. The molecule has 0 bridgehead atoms. The van der Waals surface area contributed by atoms with Crippen LogP contribution in [0, 0.1) is 0 Å². The second-order valence-corrected chi connectivity index (χ2v) is 6.13. The summed E-state index contributed by atoms with van der Waals surface area (Å²) < 4.78 is 45.2. The van der Waals surface area contributed by atoms with E-state index in [1.807, 2.05) is 0 Å². The van der Waals surface area contributed by atoms with E-state index in [-0.39, 0.29) is 29.9 Å². The Morgan fingerprint density at radius 1 is 1.17 bits per heavy atom. The average Bonchev–Trinajstić information content (AvgIpc) is 2.76. The molecule has 7 heteroatoms. The van der Waals surface area contributed by atoms with Crippen LogP contribution in [0.25, 0.3) is 0 Å². The SMILES string of the molecule is O=C1CCCc2occ(C(=O)N3CCCCCC3C(F)(F)F)c21. The maximum absolute atomic E-state index is 13.3. The predicted molar refractivity (Wildman–Crippen MR) is 75.3 cm³/mol. The standard InChI is InChI=1S/C16H18F3NO3/c17-16(18,19)13-7-2-1-3-8-20(13)15(22)10-9-23-12-6-4-5-11(21)14(10)12/h9,13H,1-8H2. The van der Waals surface area contributed by atoms with Gasteiger partial charge in [-0.25, -0.2) is 0 Å². The quantitative estimate of drug-likeness (QED) is 0.788. The van der Waals surface area contributed by atoms with E-state index < -0.39 is 18.1 Å². The molecule has 2 heterocycles. The largest absolute Gasteiger partial charge is 0.468 e. The minimum atomic E-state index is -4.46. The molecule has 23 heavy (non-hydrogen) atoms. The fraction of sp³-hybridized carbons (Fsp3) is 0.625. The third kappa shape index (κ3) is 3.01. The van der Waals surface area contributed by atoms with Gasteiger partial charge in [-0.05, 0) is 19.3 Å². The van der Waals surface area contributed by atoms with Crippen molar-refractivity contribution in [2.24, 2.45) is 0 Å². The molecule has 1 unspecified atom stereocenters. The van der Waals surface area contributed by atoms with Crippen LogP contribution in [0.15, 0.2) is 10.7 Å². The number of furan rings is 1. The summed E-state index contributed by atoms with van der Waals surface area (Å²) in [5.41, 5.74) is 0.173. The zero-order valence-electron chi connectivity index (χ0n) is 12.6. The van der Waals surface area contributed by atoms with E-state index in [2.05, 4.69) is 0 Å². The molecule has 1 aliphatic heterocycles. The van der Waals surface area contributed by atoms with Crippen molar-refractivity contribution < 1.29 is 27.2 Å². The molecule has 0 saturated carbocycles. The van der Waals surface area contributed by atoms with E-state index >= 15 is 0 Å². The summed E-state index contributed by atoms with van der Waals surface area (Å²) >= 11 is 0. The molecule has 1 amide bonds. The van der Waals surface area contributed by atoms with Crippen molar-refractivity contribution in [1.29, 1.82) is 0 Å². The van der Waals surface area contributed by atoms with Gasteiger partial charge in [0.15, 0.2) is 5.78 Å². The number of nitrogens with zero attached hydrogens (tertiary/aromatic N) is 1. The van der Waals surface area contributed by atoms with Crippen LogP contribution in [-0.4, -0.2) is 35.4 Å². The normalized spacial score (nSPS) is 22.7. The van der Waals surface area contributed by atoms with E-state index in [9.17, 15) is 22.8 Å². The van der Waals surface area contributed by atoms with Gasteiger partial charge in [-0.15, -0.1) is 0 Å². The molecule has 1 aromatic rings. The molecule has 1 fully saturated rings. The van der Waals surface area contributed by atoms with Crippen LogP contribution >= 0.6 is 0 Å². The number of Topliss-reactive ketones (excluding diaryl/α,β-unsaturated/α-hetero) is 1. The zero-order valence-corrected chi connectivity index (χ0v) is 12.6. The van der Waals surface area contributed by atoms with E-state index in [0.29, 0.717) is 44.3 Å². The summed E-state index contributed by atoms with van der Waals surface area (Å²) in [6.45, 7) is 0.0527. The first-order chi connectivity index (χ1) is 10.9. The van der Waals surface area contributed by atoms with Crippen LogP contribution in [0.5, 0.6) is 0 Å². The van der Waals surface area contributed by atoms with Crippen LogP contribution in [0.4, 0.5) is 13.2 Å². The Bertz CT molecular complexity index is 621. The van der Waals surface area contributed by atoms with E-state index in [1.165, 1.54) is 0 Å². The second-order valence-electron chi connectivity index (χ2n) is 6.13. The Morgan fingerprint density at radius 2 is 1.96 bits per heavy atom. The lowest BCUT2D eigenvalue weighted by molar-refractivity contribution is -0.177. The summed E-state index contributed by atoms with van der Waals surface area (Å²) in [6.07, 6.45) is -0.290. The molecule has 126 valence electrons. The van der Waals surface area contributed by atoms with Crippen molar-refractivity contribution in [2.75, 3.05) is 6.54 Å². The van der Waals surface area contributed by atoms with Gasteiger partial charge in [-0.1, -0.05) is 12.8 Å². The minimum absolute atomic E-state index is 0.0131. The molecular weight excluding hydrogens is 311 g/mol. The van der Waals surface area contributed by atoms with Gasteiger partial charge in [0.1, 0.15) is 18.1 Å². The number of amides is 1.